The molecule has 0 radical (unpaired) electrons. The second kappa shape index (κ2) is 6.52. The Kier molecular flexibility index (Phi) is 4.74. The number of ether oxygens (including phenoxy) is 1. The van der Waals surface area contributed by atoms with E-state index in [9.17, 15) is 9.18 Å². The first-order chi connectivity index (χ1) is 9.24. The second-order valence-electron chi connectivity index (χ2n) is 4.45. The van der Waals surface area contributed by atoms with Crippen LogP contribution in [0.5, 0.6) is 5.75 Å². The van der Waals surface area contributed by atoms with Crippen molar-refractivity contribution in [2.45, 2.75) is 13.3 Å². The molecule has 1 fully saturated rings. The molecule has 0 aliphatic carbocycles. The van der Waals surface area contributed by atoms with E-state index in [1.54, 1.807) is 24.0 Å². The number of hydrogen-bond donors (Lipinski definition) is 1. The summed E-state index contributed by atoms with van der Waals surface area (Å²) < 4.78 is 19.0. The molecule has 2 rings (SSSR count). The van der Waals surface area contributed by atoms with E-state index in [-0.39, 0.29) is 11.7 Å². The molecule has 1 aromatic rings. The minimum atomic E-state index is -0.486. The average molecular weight is 266 g/mol. The number of halogens is 1. The highest BCUT2D eigenvalue weighted by Crippen LogP contribution is 2.24. The van der Waals surface area contributed by atoms with E-state index in [1.807, 2.05) is 0 Å². The summed E-state index contributed by atoms with van der Waals surface area (Å²) in [6.45, 7) is 5.12. The summed E-state index contributed by atoms with van der Waals surface area (Å²) in [5, 5.41) is 3.24. The van der Waals surface area contributed by atoms with Crippen LogP contribution in [0.2, 0.25) is 0 Å². The quantitative estimate of drug-likeness (QED) is 0.904. The second-order valence-corrected chi connectivity index (χ2v) is 4.45. The van der Waals surface area contributed by atoms with Crippen LogP contribution < -0.4 is 10.1 Å². The van der Waals surface area contributed by atoms with Crippen molar-refractivity contribution in [2.24, 2.45) is 0 Å². The van der Waals surface area contributed by atoms with Gasteiger partial charge in [-0.15, -0.1) is 0 Å². The maximum absolute atomic E-state index is 13.7. The third kappa shape index (κ3) is 3.23. The molecule has 1 amide bonds. The number of nitrogens with zero attached hydrogens (tertiary/aromatic N) is 1. The maximum Gasteiger partial charge on any atom is 0.257 e. The van der Waals surface area contributed by atoms with E-state index in [4.69, 9.17) is 4.74 Å². The minimum absolute atomic E-state index is 0.0622. The SMILES string of the molecule is CCOc1c(F)cccc1C(=O)N1CCCNCC1. The Morgan fingerprint density at radius 1 is 1.42 bits per heavy atom. The molecule has 4 nitrogen and oxygen atoms in total. The lowest BCUT2D eigenvalue weighted by Gasteiger charge is -2.21. The zero-order chi connectivity index (χ0) is 13.7. The number of carbonyl (C=O) groups excluding carboxylic acids is 1. The van der Waals surface area contributed by atoms with Gasteiger partial charge in [0, 0.05) is 19.6 Å². The largest absolute Gasteiger partial charge is 0.490 e. The maximum atomic E-state index is 13.7. The number of amides is 1. The molecule has 0 spiro atoms. The fourth-order valence-corrected chi connectivity index (χ4v) is 2.19. The molecule has 0 aromatic heterocycles. The third-order valence-corrected chi connectivity index (χ3v) is 3.11. The lowest BCUT2D eigenvalue weighted by Crippen LogP contribution is -2.34. The van der Waals surface area contributed by atoms with Crippen LogP contribution in [0.3, 0.4) is 0 Å². The Bertz CT molecular complexity index is 443. The van der Waals surface area contributed by atoms with Crippen LogP contribution in [0.25, 0.3) is 0 Å². The lowest BCUT2D eigenvalue weighted by molar-refractivity contribution is 0.0761. The van der Waals surface area contributed by atoms with Gasteiger partial charge in [0.1, 0.15) is 0 Å². The van der Waals surface area contributed by atoms with Crippen molar-refractivity contribution < 1.29 is 13.9 Å². The van der Waals surface area contributed by atoms with Crippen LogP contribution in [-0.2, 0) is 0 Å². The molecule has 1 saturated heterocycles. The van der Waals surface area contributed by atoms with Gasteiger partial charge in [0.2, 0.25) is 0 Å². The van der Waals surface area contributed by atoms with Crippen molar-refractivity contribution in [1.82, 2.24) is 10.2 Å². The van der Waals surface area contributed by atoms with Gasteiger partial charge in [0.05, 0.1) is 12.2 Å². The van der Waals surface area contributed by atoms with Crippen LogP contribution in [0.4, 0.5) is 4.39 Å². The average Bonchev–Trinajstić information content (AvgIpc) is 2.69. The van der Waals surface area contributed by atoms with Crippen molar-refractivity contribution in [3.63, 3.8) is 0 Å². The van der Waals surface area contributed by atoms with Gasteiger partial charge < -0.3 is 15.0 Å². The summed E-state index contributed by atoms with van der Waals surface area (Å²) in [6, 6.07) is 4.47. The van der Waals surface area contributed by atoms with E-state index < -0.39 is 5.82 Å². The summed E-state index contributed by atoms with van der Waals surface area (Å²) in [5.74, 6) is -0.584. The fraction of sp³-hybridized carbons (Fsp3) is 0.500. The van der Waals surface area contributed by atoms with Crippen LogP contribution in [0.1, 0.15) is 23.7 Å². The Labute approximate surface area is 112 Å². The zero-order valence-electron chi connectivity index (χ0n) is 11.1. The van der Waals surface area contributed by atoms with Gasteiger partial charge in [-0.1, -0.05) is 6.07 Å². The van der Waals surface area contributed by atoms with Crippen molar-refractivity contribution in [3.05, 3.63) is 29.6 Å². The molecule has 1 heterocycles. The predicted molar refractivity (Wildman–Crippen MR) is 71.0 cm³/mol. The topological polar surface area (TPSA) is 41.6 Å². The molecule has 104 valence electrons. The van der Waals surface area contributed by atoms with Crippen molar-refractivity contribution in [1.29, 1.82) is 0 Å². The highest BCUT2D eigenvalue weighted by atomic mass is 19.1. The number of rotatable bonds is 3. The highest BCUT2D eigenvalue weighted by Gasteiger charge is 2.22. The normalized spacial score (nSPS) is 16.0. The Morgan fingerprint density at radius 3 is 3.05 bits per heavy atom. The first kappa shape index (κ1) is 13.8. The van der Waals surface area contributed by atoms with E-state index in [2.05, 4.69) is 5.32 Å². The molecule has 0 atom stereocenters. The molecule has 0 saturated carbocycles. The van der Waals surface area contributed by atoms with Crippen LogP contribution in [0.15, 0.2) is 18.2 Å². The molecule has 5 heteroatoms. The molecule has 0 bridgehead atoms. The molecule has 1 aliphatic rings. The van der Waals surface area contributed by atoms with Gasteiger partial charge in [-0.05, 0) is 32.0 Å². The van der Waals surface area contributed by atoms with E-state index in [1.165, 1.54) is 6.07 Å². The van der Waals surface area contributed by atoms with E-state index in [0.29, 0.717) is 25.3 Å². The Hall–Kier alpha value is -1.62. The van der Waals surface area contributed by atoms with E-state index in [0.717, 1.165) is 19.5 Å². The smallest absolute Gasteiger partial charge is 0.257 e. The first-order valence-corrected chi connectivity index (χ1v) is 6.65. The van der Waals surface area contributed by atoms with Crippen molar-refractivity contribution in [2.75, 3.05) is 32.8 Å². The molecule has 1 N–H and O–H groups in total. The van der Waals surface area contributed by atoms with Gasteiger partial charge in [-0.3, -0.25) is 4.79 Å². The molecule has 0 unspecified atom stereocenters. The van der Waals surface area contributed by atoms with Gasteiger partial charge in [-0.2, -0.15) is 0 Å². The van der Waals surface area contributed by atoms with Crippen LogP contribution in [-0.4, -0.2) is 43.6 Å². The third-order valence-electron chi connectivity index (χ3n) is 3.11. The van der Waals surface area contributed by atoms with Gasteiger partial charge in [0.15, 0.2) is 11.6 Å². The molecular formula is C14H19FN2O2. The van der Waals surface area contributed by atoms with Crippen molar-refractivity contribution in [3.8, 4) is 5.75 Å². The number of nitrogens with one attached hydrogen (secondary N) is 1. The highest BCUT2D eigenvalue weighted by molar-refractivity contribution is 5.97. The van der Waals surface area contributed by atoms with Gasteiger partial charge in [-0.25, -0.2) is 4.39 Å². The summed E-state index contributed by atoms with van der Waals surface area (Å²) >= 11 is 0. The summed E-state index contributed by atoms with van der Waals surface area (Å²) in [5.41, 5.74) is 0.309. The summed E-state index contributed by atoms with van der Waals surface area (Å²) in [7, 11) is 0. The van der Waals surface area contributed by atoms with Crippen molar-refractivity contribution >= 4 is 5.91 Å². The van der Waals surface area contributed by atoms with Gasteiger partial charge >= 0.3 is 0 Å². The molecular weight excluding hydrogens is 247 g/mol. The Morgan fingerprint density at radius 2 is 2.26 bits per heavy atom. The number of para-hydroxylation sites is 1. The van der Waals surface area contributed by atoms with Crippen LogP contribution in [0, 0.1) is 5.82 Å². The molecule has 19 heavy (non-hydrogen) atoms. The lowest BCUT2D eigenvalue weighted by atomic mass is 10.1. The monoisotopic (exact) mass is 266 g/mol. The van der Waals surface area contributed by atoms with E-state index >= 15 is 0 Å². The fourth-order valence-electron chi connectivity index (χ4n) is 2.19. The number of carbonyl (C=O) groups is 1. The standard InChI is InChI=1S/C14H19FN2O2/c1-2-19-13-11(5-3-6-12(13)15)14(18)17-9-4-7-16-8-10-17/h3,5-6,16H,2,4,7-10H2,1H3. The number of benzene rings is 1. The molecule has 1 aliphatic heterocycles. The predicted octanol–water partition coefficient (Wildman–Crippen LogP) is 1.66. The zero-order valence-corrected chi connectivity index (χ0v) is 11.1. The summed E-state index contributed by atoms with van der Waals surface area (Å²) in [6.07, 6.45) is 0.908. The summed E-state index contributed by atoms with van der Waals surface area (Å²) in [4.78, 5) is 14.2. The minimum Gasteiger partial charge on any atom is -0.490 e. The van der Waals surface area contributed by atoms with Gasteiger partial charge in [0.25, 0.3) is 5.91 Å². The van der Waals surface area contributed by atoms with Crippen LogP contribution >= 0.6 is 0 Å². The Balaban J connectivity index is 2.24. The first-order valence-electron chi connectivity index (χ1n) is 6.65. The molecule has 1 aromatic carbocycles. The number of hydrogen-bond acceptors (Lipinski definition) is 3.